The number of hydrogen-bond donors (Lipinski definition) is 1. The molecule has 5 rings (SSSR count). The van der Waals surface area contributed by atoms with Crippen molar-refractivity contribution in [1.29, 1.82) is 0 Å². The SMILES string of the molecule is Cc1nn(-c2ccccc2)c2nc(Cl)c(/C=N/Nc3nc4ccccc4s3)cc12. The number of fused-ring (bicyclic) bond motifs is 2. The van der Waals surface area contributed by atoms with E-state index in [4.69, 9.17) is 11.6 Å². The van der Waals surface area contributed by atoms with Gasteiger partial charge in [0.2, 0.25) is 5.13 Å². The number of halogens is 1. The van der Waals surface area contributed by atoms with Crippen molar-refractivity contribution in [3.63, 3.8) is 0 Å². The summed E-state index contributed by atoms with van der Waals surface area (Å²) >= 11 is 7.98. The van der Waals surface area contributed by atoms with E-state index in [-0.39, 0.29) is 0 Å². The summed E-state index contributed by atoms with van der Waals surface area (Å²) in [4.78, 5) is 9.07. The molecule has 0 atom stereocenters. The Labute approximate surface area is 175 Å². The first kappa shape index (κ1) is 17.8. The second-order valence-corrected chi connectivity index (χ2v) is 7.82. The van der Waals surface area contributed by atoms with E-state index in [0.29, 0.717) is 10.7 Å². The van der Waals surface area contributed by atoms with Crippen LogP contribution in [0.4, 0.5) is 5.13 Å². The highest BCUT2D eigenvalue weighted by atomic mass is 35.5. The molecule has 0 aliphatic carbocycles. The van der Waals surface area contributed by atoms with E-state index < -0.39 is 0 Å². The number of hydrazone groups is 1. The number of aromatic nitrogens is 4. The van der Waals surface area contributed by atoms with Crippen LogP contribution in [0.15, 0.2) is 65.8 Å². The van der Waals surface area contributed by atoms with Gasteiger partial charge in [-0.2, -0.15) is 10.2 Å². The zero-order chi connectivity index (χ0) is 19.8. The third-order valence-corrected chi connectivity index (χ3v) is 5.73. The lowest BCUT2D eigenvalue weighted by Crippen LogP contribution is -1.98. The monoisotopic (exact) mass is 418 g/mol. The van der Waals surface area contributed by atoms with E-state index in [9.17, 15) is 0 Å². The normalized spacial score (nSPS) is 11.7. The highest BCUT2D eigenvalue weighted by Gasteiger charge is 2.13. The molecule has 0 unspecified atom stereocenters. The molecule has 142 valence electrons. The van der Waals surface area contributed by atoms with E-state index in [2.05, 4.69) is 25.6 Å². The summed E-state index contributed by atoms with van der Waals surface area (Å²) in [5.74, 6) is 0. The molecule has 3 heterocycles. The van der Waals surface area contributed by atoms with Gasteiger partial charge in [-0.25, -0.2) is 14.6 Å². The van der Waals surface area contributed by atoms with Crippen LogP contribution in [0.25, 0.3) is 26.9 Å². The number of thiazole rings is 1. The lowest BCUT2D eigenvalue weighted by atomic mass is 10.2. The quantitative estimate of drug-likeness (QED) is 0.240. The Balaban J connectivity index is 1.46. The molecule has 0 saturated heterocycles. The number of nitrogens with one attached hydrogen (secondary N) is 1. The summed E-state index contributed by atoms with van der Waals surface area (Å²) in [6, 6.07) is 19.8. The number of benzene rings is 2. The topological polar surface area (TPSA) is 68.0 Å². The van der Waals surface area contributed by atoms with Crippen LogP contribution in [0.2, 0.25) is 5.15 Å². The first-order valence-corrected chi connectivity index (χ1v) is 10.1. The molecular weight excluding hydrogens is 404 g/mol. The molecule has 0 amide bonds. The third kappa shape index (κ3) is 3.35. The number of nitrogens with zero attached hydrogens (tertiary/aromatic N) is 5. The van der Waals surface area contributed by atoms with E-state index in [1.165, 1.54) is 0 Å². The molecule has 0 bridgehead atoms. The third-order valence-electron chi connectivity index (χ3n) is 4.48. The second kappa shape index (κ2) is 7.27. The van der Waals surface area contributed by atoms with E-state index >= 15 is 0 Å². The van der Waals surface area contributed by atoms with Gasteiger partial charge in [-0.15, -0.1) is 0 Å². The van der Waals surface area contributed by atoms with Gasteiger partial charge >= 0.3 is 0 Å². The molecule has 3 aromatic heterocycles. The molecule has 2 aromatic carbocycles. The standard InChI is InChI=1S/C21H15ClN6S/c1-13-16-11-14(12-23-26-21-24-17-9-5-6-10-18(17)29-21)19(22)25-20(16)28(27-13)15-7-3-2-4-8-15/h2-12H,1H3,(H,24,26)/b23-12+. The van der Waals surface area contributed by atoms with Crippen molar-refractivity contribution >= 4 is 55.5 Å². The number of aryl methyl sites for hydroxylation is 1. The summed E-state index contributed by atoms with van der Waals surface area (Å²) in [6.07, 6.45) is 1.65. The van der Waals surface area contributed by atoms with E-state index in [1.807, 2.05) is 67.6 Å². The Hall–Kier alpha value is -3.29. The smallest absolute Gasteiger partial charge is 0.204 e. The van der Waals surface area contributed by atoms with Crippen molar-refractivity contribution in [2.45, 2.75) is 6.92 Å². The molecule has 0 aliphatic rings. The number of pyridine rings is 1. The molecule has 0 saturated carbocycles. The van der Waals surface area contributed by atoms with Gasteiger partial charge < -0.3 is 0 Å². The Morgan fingerprint density at radius 1 is 1.07 bits per heavy atom. The average Bonchev–Trinajstić information content (AvgIpc) is 3.29. The van der Waals surface area contributed by atoms with Gasteiger partial charge in [0.25, 0.3) is 0 Å². The van der Waals surface area contributed by atoms with Gasteiger partial charge in [-0.1, -0.05) is 53.3 Å². The van der Waals surface area contributed by atoms with Gasteiger partial charge in [0.1, 0.15) is 5.15 Å². The predicted octanol–water partition coefficient (Wildman–Crippen LogP) is 5.44. The van der Waals surface area contributed by atoms with Crippen LogP contribution >= 0.6 is 22.9 Å². The minimum absolute atomic E-state index is 0.365. The van der Waals surface area contributed by atoms with Crippen molar-refractivity contribution < 1.29 is 0 Å². The van der Waals surface area contributed by atoms with Crippen LogP contribution in [0.3, 0.4) is 0 Å². The predicted molar refractivity (Wildman–Crippen MR) is 119 cm³/mol. The zero-order valence-corrected chi connectivity index (χ0v) is 16.9. The molecule has 0 fully saturated rings. The molecule has 5 aromatic rings. The fraction of sp³-hybridized carbons (Fsp3) is 0.0476. The highest BCUT2D eigenvalue weighted by Crippen LogP contribution is 2.26. The lowest BCUT2D eigenvalue weighted by Gasteiger charge is -2.03. The Morgan fingerprint density at radius 3 is 2.69 bits per heavy atom. The minimum Gasteiger partial charge on any atom is -0.253 e. The fourth-order valence-corrected chi connectivity index (χ4v) is 4.09. The van der Waals surface area contributed by atoms with Crippen LogP contribution < -0.4 is 5.43 Å². The van der Waals surface area contributed by atoms with Crippen LogP contribution in [0.1, 0.15) is 11.3 Å². The molecule has 1 N–H and O–H groups in total. The van der Waals surface area contributed by atoms with Crippen LogP contribution in [0.5, 0.6) is 0 Å². The van der Waals surface area contributed by atoms with Crippen molar-refractivity contribution in [3.05, 3.63) is 77.1 Å². The van der Waals surface area contributed by atoms with Crippen molar-refractivity contribution in [3.8, 4) is 5.69 Å². The molecular formula is C21H15ClN6S. The van der Waals surface area contributed by atoms with Crippen molar-refractivity contribution in [2.24, 2.45) is 5.10 Å². The summed E-state index contributed by atoms with van der Waals surface area (Å²) in [6.45, 7) is 1.96. The zero-order valence-electron chi connectivity index (χ0n) is 15.4. The van der Waals surface area contributed by atoms with Gasteiger partial charge in [-0.05, 0) is 37.3 Å². The second-order valence-electron chi connectivity index (χ2n) is 6.43. The summed E-state index contributed by atoms with van der Waals surface area (Å²) in [5.41, 5.74) is 7.16. The highest BCUT2D eigenvalue weighted by molar-refractivity contribution is 7.22. The van der Waals surface area contributed by atoms with Gasteiger partial charge in [0, 0.05) is 10.9 Å². The number of hydrogen-bond acceptors (Lipinski definition) is 6. The van der Waals surface area contributed by atoms with E-state index in [0.717, 1.165) is 37.8 Å². The Morgan fingerprint density at radius 2 is 1.86 bits per heavy atom. The number of rotatable bonds is 4. The summed E-state index contributed by atoms with van der Waals surface area (Å²) in [7, 11) is 0. The van der Waals surface area contributed by atoms with Crippen LogP contribution in [0, 0.1) is 6.92 Å². The average molecular weight is 419 g/mol. The molecule has 0 radical (unpaired) electrons. The maximum absolute atomic E-state index is 6.43. The van der Waals surface area contributed by atoms with Crippen LogP contribution in [-0.4, -0.2) is 26.0 Å². The molecule has 6 nitrogen and oxygen atoms in total. The minimum atomic E-state index is 0.365. The van der Waals surface area contributed by atoms with Gasteiger partial charge in [0.05, 0.1) is 27.8 Å². The maximum Gasteiger partial charge on any atom is 0.204 e. The largest absolute Gasteiger partial charge is 0.253 e. The summed E-state index contributed by atoms with van der Waals surface area (Å²) in [5, 5.41) is 10.9. The van der Waals surface area contributed by atoms with E-state index in [1.54, 1.807) is 22.2 Å². The summed E-state index contributed by atoms with van der Waals surface area (Å²) < 4.78 is 2.91. The lowest BCUT2D eigenvalue weighted by molar-refractivity contribution is 0.878. The first-order valence-electron chi connectivity index (χ1n) is 8.95. The molecule has 0 aliphatic heterocycles. The van der Waals surface area contributed by atoms with Gasteiger partial charge in [0.15, 0.2) is 5.65 Å². The molecule has 8 heteroatoms. The number of para-hydroxylation sites is 2. The maximum atomic E-state index is 6.43. The van der Waals surface area contributed by atoms with Crippen molar-refractivity contribution in [2.75, 3.05) is 5.43 Å². The Kier molecular flexibility index (Phi) is 4.46. The van der Waals surface area contributed by atoms with Crippen LogP contribution in [-0.2, 0) is 0 Å². The van der Waals surface area contributed by atoms with Gasteiger partial charge in [-0.3, -0.25) is 5.43 Å². The number of anilines is 1. The van der Waals surface area contributed by atoms with Crippen molar-refractivity contribution in [1.82, 2.24) is 19.7 Å². The molecule has 29 heavy (non-hydrogen) atoms. The first-order chi connectivity index (χ1) is 14.2. The fourth-order valence-electron chi connectivity index (χ4n) is 3.09. The Bertz CT molecular complexity index is 1320. The molecule has 0 spiro atoms.